The first-order valence-corrected chi connectivity index (χ1v) is 9.88. The zero-order valence-electron chi connectivity index (χ0n) is 15.1. The molecule has 3 aromatic rings. The van der Waals surface area contributed by atoms with E-state index >= 15 is 0 Å². The maximum Gasteiger partial charge on any atom is 0.276 e. The molecular formula is C19H19N5O2S. The van der Waals surface area contributed by atoms with Gasteiger partial charge in [-0.2, -0.15) is 0 Å². The van der Waals surface area contributed by atoms with Gasteiger partial charge in [-0.05, 0) is 57.2 Å². The van der Waals surface area contributed by atoms with E-state index in [0.29, 0.717) is 17.2 Å². The van der Waals surface area contributed by atoms with Gasteiger partial charge in [0.05, 0.1) is 5.39 Å². The number of amides is 1. The molecule has 5 rings (SSSR count). The summed E-state index contributed by atoms with van der Waals surface area (Å²) >= 11 is 1.59. The van der Waals surface area contributed by atoms with Crippen molar-refractivity contribution in [1.29, 1.82) is 0 Å². The normalized spacial score (nSPS) is 17.5. The number of fused-ring (bicyclic) bond motifs is 3. The van der Waals surface area contributed by atoms with Crippen molar-refractivity contribution < 1.29 is 4.79 Å². The number of anilines is 2. The van der Waals surface area contributed by atoms with Gasteiger partial charge in [0.25, 0.3) is 11.5 Å². The molecule has 27 heavy (non-hydrogen) atoms. The molecule has 1 saturated carbocycles. The van der Waals surface area contributed by atoms with Gasteiger partial charge in [-0.15, -0.1) is 11.3 Å². The molecule has 2 aliphatic rings. The standard InChI is InChI=1S/C19H19N5O2S/c1-10-7-13(22-15-12-8-11(2)27-17(12)21-9-20-15)18(26)24-14(10)16(25)23-19(24)5-3-4-6-19/h7-9H,3-6H2,1-2H3,(H,23,25)(H,20,21,22). The summed E-state index contributed by atoms with van der Waals surface area (Å²) in [5.74, 6) is 0.454. The molecule has 1 fully saturated rings. The van der Waals surface area contributed by atoms with Crippen molar-refractivity contribution in [3.8, 4) is 0 Å². The van der Waals surface area contributed by atoms with Crippen LogP contribution in [0.2, 0.25) is 0 Å². The van der Waals surface area contributed by atoms with Gasteiger partial charge in [0.1, 0.15) is 34.0 Å². The molecule has 0 radical (unpaired) electrons. The van der Waals surface area contributed by atoms with Crippen LogP contribution in [-0.2, 0) is 5.66 Å². The Morgan fingerprint density at radius 3 is 2.74 bits per heavy atom. The number of hydrogen-bond donors (Lipinski definition) is 2. The predicted molar refractivity (Wildman–Crippen MR) is 105 cm³/mol. The maximum absolute atomic E-state index is 13.3. The molecule has 0 bridgehead atoms. The van der Waals surface area contributed by atoms with Crippen LogP contribution < -0.4 is 16.2 Å². The fourth-order valence-electron chi connectivity index (χ4n) is 4.36. The second-order valence-corrected chi connectivity index (χ2v) is 8.58. The summed E-state index contributed by atoms with van der Waals surface area (Å²) in [6.45, 7) is 3.89. The minimum atomic E-state index is -0.577. The van der Waals surface area contributed by atoms with E-state index in [4.69, 9.17) is 0 Å². The third kappa shape index (κ3) is 2.32. The number of hydrogen-bond acceptors (Lipinski definition) is 6. The Bertz CT molecular complexity index is 1160. The van der Waals surface area contributed by atoms with Crippen LogP contribution in [0, 0.1) is 13.8 Å². The SMILES string of the molecule is Cc1cc2c(Nc3cc(C)c4n(c3=O)C3(CCCC3)NC4=O)ncnc2s1. The van der Waals surface area contributed by atoms with Crippen LogP contribution in [0.15, 0.2) is 23.3 Å². The lowest BCUT2D eigenvalue weighted by atomic mass is 10.1. The van der Waals surface area contributed by atoms with Crippen molar-refractivity contribution in [1.82, 2.24) is 19.9 Å². The highest BCUT2D eigenvalue weighted by Crippen LogP contribution is 2.39. The van der Waals surface area contributed by atoms with Crippen LogP contribution in [-0.4, -0.2) is 20.4 Å². The molecule has 8 heteroatoms. The van der Waals surface area contributed by atoms with E-state index in [9.17, 15) is 9.59 Å². The Balaban J connectivity index is 1.67. The molecule has 0 atom stereocenters. The minimum Gasteiger partial charge on any atom is -0.335 e. The fraction of sp³-hybridized carbons (Fsp3) is 0.368. The lowest BCUT2D eigenvalue weighted by Crippen LogP contribution is -2.45. The van der Waals surface area contributed by atoms with Gasteiger partial charge in [0, 0.05) is 4.88 Å². The molecule has 138 valence electrons. The van der Waals surface area contributed by atoms with Crippen molar-refractivity contribution in [2.24, 2.45) is 0 Å². The molecular weight excluding hydrogens is 362 g/mol. The van der Waals surface area contributed by atoms with E-state index in [0.717, 1.165) is 46.3 Å². The second kappa shape index (κ2) is 5.63. The second-order valence-electron chi connectivity index (χ2n) is 7.35. The van der Waals surface area contributed by atoms with E-state index in [1.54, 1.807) is 22.0 Å². The summed E-state index contributed by atoms with van der Waals surface area (Å²) in [6.07, 6.45) is 5.08. The molecule has 1 aliphatic heterocycles. The van der Waals surface area contributed by atoms with E-state index in [2.05, 4.69) is 20.6 Å². The summed E-state index contributed by atoms with van der Waals surface area (Å²) in [4.78, 5) is 36.5. The van der Waals surface area contributed by atoms with Crippen LogP contribution in [0.25, 0.3) is 10.2 Å². The molecule has 7 nitrogen and oxygen atoms in total. The lowest BCUT2D eigenvalue weighted by Gasteiger charge is -2.26. The van der Waals surface area contributed by atoms with Crippen molar-refractivity contribution in [2.45, 2.75) is 45.2 Å². The molecule has 1 aliphatic carbocycles. The predicted octanol–water partition coefficient (Wildman–Crippen LogP) is 3.18. The van der Waals surface area contributed by atoms with Gasteiger partial charge < -0.3 is 10.6 Å². The average molecular weight is 381 g/mol. The van der Waals surface area contributed by atoms with Crippen molar-refractivity contribution in [2.75, 3.05) is 5.32 Å². The number of carbonyl (C=O) groups is 1. The molecule has 0 unspecified atom stereocenters. The number of aryl methyl sites for hydroxylation is 2. The van der Waals surface area contributed by atoms with Crippen molar-refractivity contribution in [3.63, 3.8) is 0 Å². The molecule has 2 N–H and O–H groups in total. The minimum absolute atomic E-state index is 0.157. The van der Waals surface area contributed by atoms with E-state index in [-0.39, 0.29) is 11.5 Å². The third-order valence-electron chi connectivity index (χ3n) is 5.52. The molecule has 4 heterocycles. The number of carbonyl (C=O) groups excluding carboxylic acids is 1. The first-order valence-electron chi connectivity index (χ1n) is 9.06. The van der Waals surface area contributed by atoms with E-state index in [1.165, 1.54) is 6.33 Å². The van der Waals surface area contributed by atoms with Gasteiger partial charge >= 0.3 is 0 Å². The summed E-state index contributed by atoms with van der Waals surface area (Å²) in [7, 11) is 0. The van der Waals surface area contributed by atoms with Gasteiger partial charge in [0.15, 0.2) is 0 Å². The largest absolute Gasteiger partial charge is 0.335 e. The smallest absolute Gasteiger partial charge is 0.276 e. The fourth-order valence-corrected chi connectivity index (χ4v) is 5.21. The maximum atomic E-state index is 13.3. The Morgan fingerprint density at radius 2 is 1.96 bits per heavy atom. The van der Waals surface area contributed by atoms with E-state index in [1.807, 2.05) is 19.9 Å². The number of pyridine rings is 1. The molecule has 0 saturated heterocycles. The number of nitrogens with zero attached hydrogens (tertiary/aromatic N) is 3. The number of nitrogens with one attached hydrogen (secondary N) is 2. The summed E-state index contributed by atoms with van der Waals surface area (Å²) in [5, 5.41) is 7.17. The Hall–Kier alpha value is -2.74. The number of rotatable bonds is 2. The quantitative estimate of drug-likeness (QED) is 0.712. The van der Waals surface area contributed by atoms with Gasteiger partial charge in [-0.25, -0.2) is 9.97 Å². The molecule has 3 aromatic heterocycles. The zero-order valence-corrected chi connectivity index (χ0v) is 15.9. The third-order valence-corrected chi connectivity index (χ3v) is 6.48. The monoisotopic (exact) mass is 381 g/mol. The first kappa shape index (κ1) is 16.4. The lowest BCUT2D eigenvalue weighted by molar-refractivity contribution is 0.0920. The van der Waals surface area contributed by atoms with Crippen LogP contribution >= 0.6 is 11.3 Å². The highest BCUT2D eigenvalue weighted by Gasteiger charge is 2.46. The van der Waals surface area contributed by atoms with Crippen LogP contribution in [0.5, 0.6) is 0 Å². The Morgan fingerprint density at radius 1 is 1.19 bits per heavy atom. The topological polar surface area (TPSA) is 88.9 Å². The molecule has 0 aromatic carbocycles. The first-order chi connectivity index (χ1) is 13.0. The zero-order chi connectivity index (χ0) is 18.8. The van der Waals surface area contributed by atoms with Crippen LogP contribution in [0.4, 0.5) is 11.5 Å². The summed E-state index contributed by atoms with van der Waals surface area (Å²) in [6, 6.07) is 3.76. The van der Waals surface area contributed by atoms with Gasteiger partial charge in [-0.3, -0.25) is 14.2 Å². The van der Waals surface area contributed by atoms with Crippen LogP contribution in [0.1, 0.15) is 46.6 Å². The van der Waals surface area contributed by atoms with Crippen molar-refractivity contribution in [3.05, 3.63) is 44.9 Å². The average Bonchev–Trinajstić information content (AvgIpc) is 3.31. The summed E-state index contributed by atoms with van der Waals surface area (Å²) in [5.41, 5.74) is 0.931. The van der Waals surface area contributed by atoms with Crippen LogP contribution in [0.3, 0.4) is 0 Å². The highest BCUT2D eigenvalue weighted by molar-refractivity contribution is 7.18. The number of aromatic nitrogens is 3. The number of thiophene rings is 1. The summed E-state index contributed by atoms with van der Waals surface area (Å²) < 4.78 is 1.68. The van der Waals surface area contributed by atoms with Gasteiger partial charge in [-0.1, -0.05) is 0 Å². The highest BCUT2D eigenvalue weighted by atomic mass is 32.1. The van der Waals surface area contributed by atoms with Crippen molar-refractivity contribution >= 4 is 39.0 Å². The van der Waals surface area contributed by atoms with E-state index < -0.39 is 5.66 Å². The molecule has 1 spiro atoms. The van der Waals surface area contributed by atoms with Gasteiger partial charge in [0.2, 0.25) is 0 Å². The molecule has 1 amide bonds. The Labute approximate surface area is 159 Å². The Kier molecular flexibility index (Phi) is 3.42.